The van der Waals surface area contributed by atoms with Crippen molar-refractivity contribution < 1.29 is 18.7 Å². The molecular weight excluding hydrogens is 445 g/mol. The molecule has 0 spiro atoms. The molecule has 0 bridgehead atoms. The van der Waals surface area contributed by atoms with Crippen molar-refractivity contribution in [2.75, 3.05) is 37.7 Å². The first-order valence-electron chi connectivity index (χ1n) is 8.74. The highest BCUT2D eigenvalue weighted by Crippen LogP contribution is 2.37. The van der Waals surface area contributed by atoms with Gasteiger partial charge in [-0.25, -0.2) is 18.7 Å². The van der Waals surface area contributed by atoms with Gasteiger partial charge >= 0.3 is 0 Å². The molecular formula is C18H18Cl2F2N4O2S. The lowest BCUT2D eigenvalue weighted by Gasteiger charge is -2.36. The van der Waals surface area contributed by atoms with Crippen molar-refractivity contribution in [2.24, 2.45) is 0 Å². The summed E-state index contributed by atoms with van der Waals surface area (Å²) in [5.41, 5.74) is 1.77. The third-order valence-corrected chi connectivity index (χ3v) is 6.13. The molecule has 6 nitrogen and oxygen atoms in total. The van der Waals surface area contributed by atoms with Crippen molar-refractivity contribution in [3.8, 4) is 11.4 Å². The summed E-state index contributed by atoms with van der Waals surface area (Å²) in [6.45, 7) is 1.49. The van der Waals surface area contributed by atoms with Gasteiger partial charge in [-0.3, -0.25) is 4.79 Å². The summed E-state index contributed by atoms with van der Waals surface area (Å²) in [5.74, 6) is 0.531. The molecule has 1 N–H and O–H groups in total. The van der Waals surface area contributed by atoms with Crippen LogP contribution < -0.4 is 4.90 Å². The van der Waals surface area contributed by atoms with E-state index in [2.05, 4.69) is 9.97 Å². The third-order valence-electron chi connectivity index (χ3n) is 4.87. The Bertz CT molecular complexity index is 943. The van der Waals surface area contributed by atoms with E-state index in [1.165, 1.54) is 0 Å². The zero-order valence-electron chi connectivity index (χ0n) is 15.2. The first-order valence-corrected chi connectivity index (χ1v) is 10.3. The van der Waals surface area contributed by atoms with Crippen LogP contribution in [0, 0.1) is 11.6 Å². The number of hydrogen-bond acceptors (Lipinski definition) is 6. The van der Waals surface area contributed by atoms with Crippen molar-refractivity contribution in [2.45, 2.75) is 11.5 Å². The Hall–Kier alpha value is -1.68. The quantitative estimate of drug-likeness (QED) is 0.707. The van der Waals surface area contributed by atoms with Gasteiger partial charge in [0.05, 0.1) is 16.3 Å². The van der Waals surface area contributed by atoms with Crippen LogP contribution in [-0.4, -0.2) is 58.7 Å². The van der Waals surface area contributed by atoms with Crippen LogP contribution in [0.5, 0.6) is 0 Å². The number of carbonyl (C=O) groups is 1. The molecule has 3 heterocycles. The molecule has 1 aromatic heterocycles. The molecule has 0 saturated carbocycles. The van der Waals surface area contributed by atoms with Gasteiger partial charge in [0, 0.05) is 43.2 Å². The number of fused-ring (bicyclic) bond motifs is 1. The molecule has 2 aliphatic rings. The minimum atomic E-state index is -0.728. The normalized spacial score (nSPS) is 15.9. The molecule has 2 aliphatic heterocycles. The topological polar surface area (TPSA) is 69.6 Å². The Morgan fingerprint density at radius 1 is 1.14 bits per heavy atom. The fourth-order valence-corrected chi connectivity index (χ4v) is 4.56. The number of hydrogen-bond donors (Lipinski definition) is 1. The number of benzene rings is 1. The summed E-state index contributed by atoms with van der Waals surface area (Å²) in [4.78, 5) is 24.3. The number of amides is 1. The van der Waals surface area contributed by atoms with Crippen molar-refractivity contribution in [3.63, 3.8) is 0 Å². The van der Waals surface area contributed by atoms with E-state index in [1.807, 2.05) is 4.90 Å². The first kappa shape index (κ1) is 22.0. The van der Waals surface area contributed by atoms with Gasteiger partial charge in [0.2, 0.25) is 5.91 Å². The SMILES string of the molecule is Cl.O=C(CO)N1CCN(c2nc(-c3cc(F)c(Cl)cc3F)nc3c2CSC3)CC1. The molecule has 4 rings (SSSR count). The summed E-state index contributed by atoms with van der Waals surface area (Å²) < 4.78 is 28.3. The van der Waals surface area contributed by atoms with E-state index in [9.17, 15) is 13.6 Å². The standard InChI is InChI=1S/C18H17ClF2N4O2S.ClH/c19-12-6-13(20)10(5-14(12)21)17-22-15-9-28-8-11(15)18(23-17)25-3-1-24(2-4-25)16(27)7-26;/h5-6,26H,1-4,7-9H2;1H. The van der Waals surface area contributed by atoms with E-state index in [0.29, 0.717) is 37.7 Å². The van der Waals surface area contributed by atoms with Crippen molar-refractivity contribution in [3.05, 3.63) is 40.0 Å². The number of nitrogens with zero attached hydrogens (tertiary/aromatic N) is 4. The molecule has 1 fully saturated rings. The van der Waals surface area contributed by atoms with Crippen LogP contribution in [0.15, 0.2) is 12.1 Å². The second-order valence-electron chi connectivity index (χ2n) is 6.56. The summed E-state index contributed by atoms with van der Waals surface area (Å²) >= 11 is 7.34. The molecule has 0 unspecified atom stereocenters. The molecule has 11 heteroatoms. The van der Waals surface area contributed by atoms with Gasteiger partial charge in [-0.1, -0.05) is 11.6 Å². The summed E-state index contributed by atoms with van der Waals surface area (Å²) in [7, 11) is 0. The first-order chi connectivity index (χ1) is 13.5. The summed E-state index contributed by atoms with van der Waals surface area (Å²) in [5, 5.41) is 8.73. The predicted octanol–water partition coefficient (Wildman–Crippen LogP) is 2.88. The Balaban J connectivity index is 0.00000240. The highest BCUT2D eigenvalue weighted by molar-refractivity contribution is 7.98. The molecule has 1 saturated heterocycles. The van der Waals surface area contributed by atoms with Gasteiger partial charge in [0.1, 0.15) is 24.1 Å². The Morgan fingerprint density at radius 3 is 2.55 bits per heavy atom. The van der Waals surface area contributed by atoms with Gasteiger partial charge in [-0.05, 0) is 12.1 Å². The molecule has 0 atom stereocenters. The lowest BCUT2D eigenvalue weighted by molar-refractivity contribution is -0.134. The predicted molar refractivity (Wildman–Crippen MR) is 111 cm³/mol. The van der Waals surface area contributed by atoms with E-state index in [4.69, 9.17) is 16.7 Å². The lowest BCUT2D eigenvalue weighted by atomic mass is 10.1. The highest BCUT2D eigenvalue weighted by atomic mass is 35.5. The minimum absolute atomic E-state index is 0. The van der Waals surface area contributed by atoms with Gasteiger partial charge in [0.25, 0.3) is 0 Å². The van der Waals surface area contributed by atoms with Crippen molar-refractivity contribution in [1.82, 2.24) is 14.9 Å². The monoisotopic (exact) mass is 462 g/mol. The zero-order chi connectivity index (χ0) is 19.8. The molecule has 156 valence electrons. The maximum Gasteiger partial charge on any atom is 0.248 e. The number of piperazine rings is 1. The average Bonchev–Trinajstić information content (AvgIpc) is 3.18. The molecule has 2 aromatic rings. The second kappa shape index (κ2) is 8.99. The second-order valence-corrected chi connectivity index (χ2v) is 7.95. The van der Waals surface area contributed by atoms with Gasteiger partial charge < -0.3 is 14.9 Å². The van der Waals surface area contributed by atoms with Crippen LogP contribution in [0.4, 0.5) is 14.6 Å². The van der Waals surface area contributed by atoms with Crippen LogP contribution in [-0.2, 0) is 16.3 Å². The number of aliphatic hydroxyl groups is 1. The molecule has 29 heavy (non-hydrogen) atoms. The maximum atomic E-state index is 14.4. The number of carbonyl (C=O) groups excluding carboxylic acids is 1. The van der Waals surface area contributed by atoms with Crippen LogP contribution in [0.1, 0.15) is 11.3 Å². The smallest absolute Gasteiger partial charge is 0.248 e. The fraction of sp³-hybridized carbons (Fsp3) is 0.389. The van der Waals surface area contributed by atoms with E-state index in [0.717, 1.165) is 29.1 Å². The minimum Gasteiger partial charge on any atom is -0.387 e. The van der Waals surface area contributed by atoms with E-state index < -0.39 is 18.2 Å². The number of aromatic nitrogens is 2. The van der Waals surface area contributed by atoms with Crippen molar-refractivity contribution >= 4 is 47.5 Å². The van der Waals surface area contributed by atoms with E-state index in [1.54, 1.807) is 16.7 Å². The lowest BCUT2D eigenvalue weighted by Crippen LogP contribution is -2.50. The largest absolute Gasteiger partial charge is 0.387 e. The van der Waals surface area contributed by atoms with Gasteiger partial charge in [-0.2, -0.15) is 11.8 Å². The molecule has 0 radical (unpaired) electrons. The van der Waals surface area contributed by atoms with Crippen LogP contribution in [0.3, 0.4) is 0 Å². The van der Waals surface area contributed by atoms with Gasteiger partial charge in [-0.15, -0.1) is 12.4 Å². The number of anilines is 1. The number of thioether (sulfide) groups is 1. The highest BCUT2D eigenvalue weighted by Gasteiger charge is 2.28. The fourth-order valence-electron chi connectivity index (χ4n) is 3.38. The number of rotatable bonds is 3. The average molecular weight is 463 g/mol. The summed E-state index contributed by atoms with van der Waals surface area (Å²) in [6.07, 6.45) is 0. The van der Waals surface area contributed by atoms with Crippen LogP contribution >= 0.6 is 35.8 Å². The van der Waals surface area contributed by atoms with Crippen LogP contribution in [0.25, 0.3) is 11.4 Å². The number of aliphatic hydroxyl groups excluding tert-OH is 1. The molecule has 1 amide bonds. The van der Waals surface area contributed by atoms with Crippen molar-refractivity contribution in [1.29, 1.82) is 0 Å². The third kappa shape index (κ3) is 4.28. The number of halogens is 4. The van der Waals surface area contributed by atoms with E-state index in [-0.39, 0.29) is 34.7 Å². The Labute approximate surface area is 181 Å². The zero-order valence-corrected chi connectivity index (χ0v) is 17.6. The van der Waals surface area contributed by atoms with Gasteiger partial charge in [0.15, 0.2) is 5.82 Å². The molecule has 0 aliphatic carbocycles. The van der Waals surface area contributed by atoms with Crippen LogP contribution in [0.2, 0.25) is 5.02 Å². The molecule has 1 aromatic carbocycles. The Morgan fingerprint density at radius 2 is 1.86 bits per heavy atom. The van der Waals surface area contributed by atoms with E-state index >= 15 is 0 Å². The Kier molecular flexibility index (Phi) is 6.83. The maximum absolute atomic E-state index is 14.4. The summed E-state index contributed by atoms with van der Waals surface area (Å²) in [6, 6.07) is 1.94.